The molecule has 5 aromatic carbocycles. The van der Waals surface area contributed by atoms with Crippen LogP contribution in [0.4, 0.5) is 11.4 Å². The molecule has 0 unspecified atom stereocenters. The van der Waals surface area contributed by atoms with Crippen LogP contribution in [0.5, 0.6) is 11.5 Å². The molecule has 0 aliphatic rings. The number of ether oxygens (including phenoxy) is 2. The van der Waals surface area contributed by atoms with E-state index in [9.17, 15) is 0 Å². The predicted octanol–water partition coefficient (Wildman–Crippen LogP) is 5.21. The van der Waals surface area contributed by atoms with Crippen LogP contribution in [0.2, 0.25) is 0 Å². The van der Waals surface area contributed by atoms with Gasteiger partial charge in [0.25, 0.3) is 0 Å². The molecular formula is C24H20N2O2. The number of nitrogen functional groups attached to an aromatic ring is 2. The summed E-state index contributed by atoms with van der Waals surface area (Å²) in [5.41, 5.74) is 13.2. The molecule has 0 amide bonds. The zero-order valence-corrected chi connectivity index (χ0v) is 15.3. The number of nitrogens with two attached hydrogens (primary N) is 2. The molecule has 28 heavy (non-hydrogen) atoms. The van der Waals surface area contributed by atoms with E-state index in [2.05, 4.69) is 36.4 Å². The molecule has 0 aliphatic heterocycles. The summed E-state index contributed by atoms with van der Waals surface area (Å²) in [7, 11) is 0. The van der Waals surface area contributed by atoms with Crippen molar-refractivity contribution in [3.05, 3.63) is 72.8 Å². The minimum absolute atomic E-state index is 0.467. The minimum atomic E-state index is 0.467. The van der Waals surface area contributed by atoms with Crippen molar-refractivity contribution >= 4 is 43.7 Å². The third kappa shape index (κ3) is 2.89. The van der Waals surface area contributed by atoms with Crippen LogP contribution in [-0.2, 0) is 0 Å². The maximum absolute atomic E-state index is 6.03. The second-order valence-corrected chi connectivity index (χ2v) is 6.98. The van der Waals surface area contributed by atoms with Crippen LogP contribution in [0, 0.1) is 0 Å². The minimum Gasteiger partial charge on any atom is -0.490 e. The van der Waals surface area contributed by atoms with E-state index in [4.69, 9.17) is 20.9 Å². The van der Waals surface area contributed by atoms with Crippen molar-refractivity contribution < 1.29 is 9.47 Å². The fraction of sp³-hybridized carbons (Fsp3) is 0.0833. The van der Waals surface area contributed by atoms with E-state index in [-0.39, 0.29) is 0 Å². The monoisotopic (exact) mass is 368 g/mol. The highest BCUT2D eigenvalue weighted by Crippen LogP contribution is 2.37. The maximum atomic E-state index is 6.03. The molecule has 0 bridgehead atoms. The van der Waals surface area contributed by atoms with Crippen molar-refractivity contribution in [2.75, 3.05) is 24.7 Å². The second-order valence-electron chi connectivity index (χ2n) is 6.98. The highest BCUT2D eigenvalue weighted by molar-refractivity contribution is 6.23. The number of hydrogen-bond donors (Lipinski definition) is 2. The van der Waals surface area contributed by atoms with Gasteiger partial charge in [0.2, 0.25) is 0 Å². The van der Waals surface area contributed by atoms with Gasteiger partial charge in [0.1, 0.15) is 24.7 Å². The van der Waals surface area contributed by atoms with Gasteiger partial charge >= 0.3 is 0 Å². The highest BCUT2D eigenvalue weighted by atomic mass is 16.5. The maximum Gasteiger partial charge on any atom is 0.122 e. The molecule has 5 aromatic rings. The first-order chi connectivity index (χ1) is 13.7. The quantitative estimate of drug-likeness (QED) is 0.254. The third-order valence-corrected chi connectivity index (χ3v) is 5.03. The standard InChI is InChI=1S/C24H20N2O2/c25-19-5-7-21(8-6-19)27-9-10-28-22-13-17-3-1-15-11-20(26)12-16-2-4-18(14-22)24(17)23(15)16/h1-8,11-14H,9-10,25-26H2. The second kappa shape index (κ2) is 6.50. The summed E-state index contributed by atoms with van der Waals surface area (Å²) in [6, 6.07) is 24.1. The van der Waals surface area contributed by atoms with Crippen LogP contribution in [-0.4, -0.2) is 13.2 Å². The van der Waals surface area contributed by atoms with Gasteiger partial charge in [-0.05, 0) is 80.8 Å². The average molecular weight is 368 g/mol. The lowest BCUT2D eigenvalue weighted by Crippen LogP contribution is -2.09. The molecule has 0 aromatic heterocycles. The van der Waals surface area contributed by atoms with Gasteiger partial charge in [-0.15, -0.1) is 0 Å². The van der Waals surface area contributed by atoms with Crippen molar-refractivity contribution in [1.82, 2.24) is 0 Å². The summed E-state index contributed by atoms with van der Waals surface area (Å²) >= 11 is 0. The van der Waals surface area contributed by atoms with E-state index in [1.807, 2.05) is 36.4 Å². The molecule has 4 N–H and O–H groups in total. The molecule has 0 atom stereocenters. The molecule has 4 nitrogen and oxygen atoms in total. The predicted molar refractivity (Wildman–Crippen MR) is 116 cm³/mol. The summed E-state index contributed by atoms with van der Waals surface area (Å²) in [4.78, 5) is 0. The van der Waals surface area contributed by atoms with Gasteiger partial charge in [-0.2, -0.15) is 0 Å². The van der Waals surface area contributed by atoms with Crippen molar-refractivity contribution in [3.63, 3.8) is 0 Å². The first kappa shape index (κ1) is 16.5. The number of benzene rings is 5. The van der Waals surface area contributed by atoms with Crippen LogP contribution >= 0.6 is 0 Å². The topological polar surface area (TPSA) is 70.5 Å². The van der Waals surface area contributed by atoms with E-state index in [1.165, 1.54) is 21.5 Å². The Hall–Kier alpha value is -3.66. The molecule has 0 spiro atoms. The van der Waals surface area contributed by atoms with Crippen molar-refractivity contribution in [3.8, 4) is 11.5 Å². The molecule has 0 fully saturated rings. The molecule has 4 heteroatoms. The van der Waals surface area contributed by atoms with Crippen LogP contribution in [0.25, 0.3) is 32.3 Å². The molecule has 0 saturated carbocycles. The first-order valence-corrected chi connectivity index (χ1v) is 9.27. The Morgan fingerprint density at radius 2 is 0.964 bits per heavy atom. The Bertz CT molecular complexity index is 1210. The van der Waals surface area contributed by atoms with E-state index in [0.29, 0.717) is 13.2 Å². The van der Waals surface area contributed by atoms with Gasteiger partial charge in [-0.3, -0.25) is 0 Å². The Balaban J connectivity index is 1.40. The van der Waals surface area contributed by atoms with Crippen molar-refractivity contribution in [2.24, 2.45) is 0 Å². The van der Waals surface area contributed by atoms with Crippen molar-refractivity contribution in [1.29, 1.82) is 0 Å². The van der Waals surface area contributed by atoms with Gasteiger partial charge in [0.05, 0.1) is 0 Å². The Morgan fingerprint density at radius 1 is 0.500 bits per heavy atom. The normalized spacial score (nSPS) is 11.4. The smallest absolute Gasteiger partial charge is 0.122 e. The molecule has 0 saturated heterocycles. The van der Waals surface area contributed by atoms with Crippen LogP contribution in [0.3, 0.4) is 0 Å². The molecule has 5 rings (SSSR count). The zero-order valence-electron chi connectivity index (χ0n) is 15.3. The fourth-order valence-electron chi connectivity index (χ4n) is 3.80. The Morgan fingerprint density at radius 3 is 1.50 bits per heavy atom. The summed E-state index contributed by atoms with van der Waals surface area (Å²) in [5.74, 6) is 1.62. The Kier molecular flexibility index (Phi) is 3.83. The molecule has 0 heterocycles. The van der Waals surface area contributed by atoms with E-state index in [1.54, 1.807) is 0 Å². The third-order valence-electron chi connectivity index (χ3n) is 5.03. The highest BCUT2D eigenvalue weighted by Gasteiger charge is 2.10. The van der Waals surface area contributed by atoms with E-state index >= 15 is 0 Å². The molecule has 0 aliphatic carbocycles. The largest absolute Gasteiger partial charge is 0.490 e. The summed E-state index contributed by atoms with van der Waals surface area (Å²) in [6.45, 7) is 0.933. The first-order valence-electron chi connectivity index (χ1n) is 9.27. The molecule has 138 valence electrons. The molecular weight excluding hydrogens is 348 g/mol. The van der Waals surface area contributed by atoms with Crippen LogP contribution in [0.15, 0.2) is 72.8 Å². The van der Waals surface area contributed by atoms with E-state index < -0.39 is 0 Å². The van der Waals surface area contributed by atoms with Gasteiger partial charge < -0.3 is 20.9 Å². The lowest BCUT2D eigenvalue weighted by Gasteiger charge is -2.14. The van der Waals surface area contributed by atoms with E-state index in [0.717, 1.165) is 33.6 Å². The zero-order chi connectivity index (χ0) is 19.1. The molecule has 0 radical (unpaired) electrons. The summed E-state index contributed by atoms with van der Waals surface area (Å²) in [5, 5.41) is 7.16. The lowest BCUT2D eigenvalue weighted by molar-refractivity contribution is 0.217. The summed E-state index contributed by atoms with van der Waals surface area (Å²) < 4.78 is 11.6. The number of anilines is 2. The SMILES string of the molecule is Nc1ccc(OCCOc2cc3ccc4cc(N)cc5ccc(c2)c3c45)cc1. The van der Waals surface area contributed by atoms with Gasteiger partial charge in [-0.1, -0.05) is 24.3 Å². The number of rotatable bonds is 5. The van der Waals surface area contributed by atoms with Crippen LogP contribution < -0.4 is 20.9 Å². The summed E-state index contributed by atoms with van der Waals surface area (Å²) in [6.07, 6.45) is 0. The van der Waals surface area contributed by atoms with Gasteiger partial charge in [0.15, 0.2) is 0 Å². The lowest BCUT2D eigenvalue weighted by atomic mass is 9.94. The average Bonchev–Trinajstić information content (AvgIpc) is 2.70. The van der Waals surface area contributed by atoms with Gasteiger partial charge in [0, 0.05) is 11.4 Å². The fourth-order valence-corrected chi connectivity index (χ4v) is 3.80. The van der Waals surface area contributed by atoms with Crippen molar-refractivity contribution in [2.45, 2.75) is 0 Å². The number of hydrogen-bond acceptors (Lipinski definition) is 4. The Labute approximate surface area is 162 Å². The van der Waals surface area contributed by atoms with Crippen LogP contribution in [0.1, 0.15) is 0 Å². The van der Waals surface area contributed by atoms with Gasteiger partial charge in [-0.25, -0.2) is 0 Å².